The van der Waals surface area contributed by atoms with Crippen molar-refractivity contribution in [3.8, 4) is 0 Å². The molecule has 9 nitrogen and oxygen atoms in total. The van der Waals surface area contributed by atoms with Crippen LogP contribution in [0, 0.1) is 0 Å². The first-order valence-corrected chi connectivity index (χ1v) is 7.91. The molecule has 1 N–H and O–H groups in total. The number of aromatic amines is 1. The van der Waals surface area contributed by atoms with Crippen molar-refractivity contribution in [1.82, 2.24) is 30.3 Å². The van der Waals surface area contributed by atoms with Gasteiger partial charge >= 0.3 is 0 Å². The summed E-state index contributed by atoms with van der Waals surface area (Å²) in [6, 6.07) is 3.47. The fourth-order valence-electron chi connectivity index (χ4n) is 2.44. The van der Waals surface area contributed by atoms with Crippen molar-refractivity contribution in [1.29, 1.82) is 0 Å². The molecule has 1 aliphatic heterocycles. The molecule has 1 aliphatic rings. The third-order valence-electron chi connectivity index (χ3n) is 3.85. The van der Waals surface area contributed by atoms with Crippen LogP contribution in [0.25, 0.3) is 0 Å². The van der Waals surface area contributed by atoms with Gasteiger partial charge in [0.15, 0.2) is 17.3 Å². The van der Waals surface area contributed by atoms with E-state index in [1.807, 2.05) is 25.9 Å². The molecule has 2 aromatic rings. The summed E-state index contributed by atoms with van der Waals surface area (Å²) in [6.07, 6.45) is 0.448. The molecule has 0 spiro atoms. The zero-order chi connectivity index (χ0) is 17.1. The first-order chi connectivity index (χ1) is 11.6. The van der Waals surface area contributed by atoms with E-state index in [0.29, 0.717) is 37.0 Å². The number of hydrogen-bond acceptors (Lipinski definition) is 7. The number of rotatable bonds is 4. The Labute approximate surface area is 140 Å². The van der Waals surface area contributed by atoms with Crippen molar-refractivity contribution in [2.45, 2.75) is 19.4 Å². The van der Waals surface area contributed by atoms with Crippen LogP contribution in [0.4, 0.5) is 5.82 Å². The Kier molecular flexibility index (Phi) is 4.70. The number of anilines is 1. The topological polar surface area (TPSA) is 100 Å². The van der Waals surface area contributed by atoms with Gasteiger partial charge in [-0.05, 0) is 12.1 Å². The van der Waals surface area contributed by atoms with E-state index in [1.165, 1.54) is 0 Å². The van der Waals surface area contributed by atoms with Gasteiger partial charge in [0.25, 0.3) is 5.91 Å². The van der Waals surface area contributed by atoms with Gasteiger partial charge in [0.05, 0.1) is 13.2 Å². The smallest absolute Gasteiger partial charge is 0.274 e. The number of amides is 1. The molecule has 0 aliphatic carbocycles. The maximum absolute atomic E-state index is 12.6. The standard InChI is InChI=1S/C15H21N7O2/c1-4-12-16-14(20-18-12)11-9-22(7-8-24-11)15(23)10-5-6-13(19-17-10)21(2)3/h5-6,11H,4,7-9H2,1-3H3,(H,16,18,20). The molecule has 3 heterocycles. The summed E-state index contributed by atoms with van der Waals surface area (Å²) in [5, 5.41) is 15.1. The SMILES string of the molecule is CCc1nc(C2CN(C(=O)c3ccc(N(C)C)nn3)CCO2)n[nH]1. The van der Waals surface area contributed by atoms with E-state index in [2.05, 4.69) is 25.4 Å². The maximum Gasteiger partial charge on any atom is 0.274 e. The maximum atomic E-state index is 12.6. The number of carbonyl (C=O) groups excluding carboxylic acids is 1. The number of aromatic nitrogens is 5. The lowest BCUT2D eigenvalue weighted by molar-refractivity contribution is -0.0269. The Balaban J connectivity index is 1.70. The Hall–Kier alpha value is -2.55. The first kappa shape index (κ1) is 16.3. The Morgan fingerprint density at radius 2 is 2.25 bits per heavy atom. The molecule has 0 aromatic carbocycles. The van der Waals surface area contributed by atoms with Gasteiger partial charge in [-0.1, -0.05) is 6.92 Å². The number of morpholine rings is 1. The molecule has 1 amide bonds. The van der Waals surface area contributed by atoms with Gasteiger partial charge < -0.3 is 14.5 Å². The van der Waals surface area contributed by atoms with Crippen LogP contribution in [0.5, 0.6) is 0 Å². The molecule has 1 atom stereocenters. The van der Waals surface area contributed by atoms with E-state index in [-0.39, 0.29) is 12.0 Å². The first-order valence-electron chi connectivity index (χ1n) is 7.91. The van der Waals surface area contributed by atoms with E-state index in [4.69, 9.17) is 4.74 Å². The van der Waals surface area contributed by atoms with E-state index in [1.54, 1.807) is 17.0 Å². The van der Waals surface area contributed by atoms with Crippen molar-refractivity contribution in [3.63, 3.8) is 0 Å². The zero-order valence-corrected chi connectivity index (χ0v) is 14.1. The predicted molar refractivity (Wildman–Crippen MR) is 86.7 cm³/mol. The van der Waals surface area contributed by atoms with Gasteiger partial charge in [0, 0.05) is 27.1 Å². The molecule has 1 unspecified atom stereocenters. The number of nitrogens with one attached hydrogen (secondary N) is 1. The normalized spacial score (nSPS) is 17.8. The highest BCUT2D eigenvalue weighted by Gasteiger charge is 2.29. The molecule has 128 valence electrons. The summed E-state index contributed by atoms with van der Waals surface area (Å²) in [5.41, 5.74) is 0.325. The quantitative estimate of drug-likeness (QED) is 0.867. The fourth-order valence-corrected chi connectivity index (χ4v) is 2.44. The molecule has 1 fully saturated rings. The lowest BCUT2D eigenvalue weighted by Crippen LogP contribution is -2.43. The van der Waals surface area contributed by atoms with Gasteiger partial charge in [-0.25, -0.2) is 4.98 Å². The van der Waals surface area contributed by atoms with Gasteiger partial charge in [0.1, 0.15) is 11.9 Å². The summed E-state index contributed by atoms with van der Waals surface area (Å²) in [4.78, 5) is 20.5. The van der Waals surface area contributed by atoms with Crippen molar-refractivity contribution in [3.05, 3.63) is 29.5 Å². The van der Waals surface area contributed by atoms with Crippen LogP contribution in [0.3, 0.4) is 0 Å². The summed E-state index contributed by atoms with van der Waals surface area (Å²) in [5.74, 6) is 1.94. The minimum Gasteiger partial charge on any atom is -0.366 e. The Morgan fingerprint density at radius 1 is 1.42 bits per heavy atom. The number of aryl methyl sites for hydroxylation is 1. The van der Waals surface area contributed by atoms with Crippen molar-refractivity contribution in [2.24, 2.45) is 0 Å². The van der Waals surface area contributed by atoms with E-state index >= 15 is 0 Å². The summed E-state index contributed by atoms with van der Waals surface area (Å²) >= 11 is 0. The molecule has 3 rings (SSSR count). The highest BCUT2D eigenvalue weighted by Crippen LogP contribution is 2.20. The molecular formula is C15H21N7O2. The third kappa shape index (κ3) is 3.35. The second-order valence-electron chi connectivity index (χ2n) is 5.78. The van der Waals surface area contributed by atoms with Crippen LogP contribution in [0.2, 0.25) is 0 Å². The number of nitrogens with zero attached hydrogens (tertiary/aromatic N) is 6. The lowest BCUT2D eigenvalue weighted by atomic mass is 10.2. The minimum atomic E-state index is -0.326. The van der Waals surface area contributed by atoms with Gasteiger partial charge in [0.2, 0.25) is 0 Å². The third-order valence-corrected chi connectivity index (χ3v) is 3.85. The molecule has 0 bridgehead atoms. The second-order valence-corrected chi connectivity index (χ2v) is 5.78. The highest BCUT2D eigenvalue weighted by molar-refractivity contribution is 5.92. The van der Waals surface area contributed by atoms with Crippen molar-refractivity contribution in [2.75, 3.05) is 38.7 Å². The molecule has 0 radical (unpaired) electrons. The van der Waals surface area contributed by atoms with E-state index in [0.717, 1.165) is 12.2 Å². The molecular weight excluding hydrogens is 310 g/mol. The fraction of sp³-hybridized carbons (Fsp3) is 0.533. The summed E-state index contributed by atoms with van der Waals surface area (Å²) < 4.78 is 5.71. The minimum absolute atomic E-state index is 0.160. The zero-order valence-electron chi connectivity index (χ0n) is 14.1. The number of ether oxygens (including phenoxy) is 1. The van der Waals surface area contributed by atoms with Crippen LogP contribution in [0.15, 0.2) is 12.1 Å². The van der Waals surface area contributed by atoms with Crippen LogP contribution in [-0.4, -0.2) is 70.0 Å². The van der Waals surface area contributed by atoms with Crippen molar-refractivity contribution < 1.29 is 9.53 Å². The summed E-state index contributed by atoms with van der Waals surface area (Å²) in [7, 11) is 3.75. The second kappa shape index (κ2) is 6.91. The average Bonchev–Trinajstić information content (AvgIpc) is 3.10. The highest BCUT2D eigenvalue weighted by atomic mass is 16.5. The molecule has 1 saturated heterocycles. The Bertz CT molecular complexity index is 698. The number of carbonyl (C=O) groups is 1. The largest absolute Gasteiger partial charge is 0.366 e. The van der Waals surface area contributed by atoms with Crippen LogP contribution in [-0.2, 0) is 11.2 Å². The van der Waals surface area contributed by atoms with Crippen molar-refractivity contribution >= 4 is 11.7 Å². The van der Waals surface area contributed by atoms with Gasteiger partial charge in [-0.3, -0.25) is 9.89 Å². The van der Waals surface area contributed by atoms with Crippen LogP contribution < -0.4 is 4.90 Å². The molecule has 0 saturated carbocycles. The van der Waals surface area contributed by atoms with Gasteiger partial charge in [-0.15, -0.1) is 10.2 Å². The van der Waals surface area contributed by atoms with E-state index < -0.39 is 0 Å². The predicted octanol–water partition coefficient (Wildman–Crippen LogP) is 0.437. The Morgan fingerprint density at radius 3 is 2.88 bits per heavy atom. The number of H-pyrrole nitrogens is 1. The number of hydrogen-bond donors (Lipinski definition) is 1. The molecule has 9 heteroatoms. The van der Waals surface area contributed by atoms with E-state index in [9.17, 15) is 4.79 Å². The van der Waals surface area contributed by atoms with Gasteiger partial charge in [-0.2, -0.15) is 5.10 Å². The molecule has 24 heavy (non-hydrogen) atoms. The lowest BCUT2D eigenvalue weighted by Gasteiger charge is -2.31. The average molecular weight is 331 g/mol. The van der Waals surface area contributed by atoms with Crippen LogP contribution in [0.1, 0.15) is 35.2 Å². The molecule has 2 aromatic heterocycles. The summed E-state index contributed by atoms with van der Waals surface area (Å²) in [6.45, 7) is 3.35. The van der Waals surface area contributed by atoms with Crippen LogP contribution >= 0.6 is 0 Å². The monoisotopic (exact) mass is 331 g/mol.